The van der Waals surface area contributed by atoms with E-state index >= 15 is 0 Å². The van der Waals surface area contributed by atoms with E-state index in [0.29, 0.717) is 9.50 Å². The molecule has 0 aliphatic carbocycles. The van der Waals surface area contributed by atoms with E-state index in [1.54, 1.807) is 20.8 Å². The predicted octanol–water partition coefficient (Wildman–Crippen LogP) is 3.89. The maximum Gasteiger partial charge on any atom is 0.425 e. The maximum absolute atomic E-state index is 12.2. The summed E-state index contributed by atoms with van der Waals surface area (Å²) in [6.07, 6.45) is -1.27. The van der Waals surface area contributed by atoms with Gasteiger partial charge in [-0.05, 0) is 36.7 Å². The van der Waals surface area contributed by atoms with Crippen molar-refractivity contribution >= 4 is 42.0 Å². The molecule has 0 aromatic carbocycles. The van der Waals surface area contributed by atoms with Crippen molar-refractivity contribution in [2.45, 2.75) is 46.0 Å². The number of rotatable bonds is 1. The molecule has 0 saturated carbocycles. The number of hydrogen-bond acceptors (Lipinski definition) is 5. The molecule has 24 heavy (non-hydrogen) atoms. The van der Waals surface area contributed by atoms with E-state index in [9.17, 15) is 14.7 Å². The Morgan fingerprint density at radius 3 is 2.38 bits per heavy atom. The second-order valence-electron chi connectivity index (χ2n) is 6.96. The van der Waals surface area contributed by atoms with Crippen molar-refractivity contribution in [1.82, 2.24) is 9.97 Å². The first-order chi connectivity index (χ1) is 10.8. The molecule has 0 spiro atoms. The van der Waals surface area contributed by atoms with Crippen LogP contribution in [-0.4, -0.2) is 40.9 Å². The number of carbonyl (C=O) groups is 2. The van der Waals surface area contributed by atoms with Crippen LogP contribution in [0.25, 0.3) is 0 Å². The van der Waals surface area contributed by atoms with Gasteiger partial charge in [-0.25, -0.2) is 19.6 Å². The molecule has 0 radical (unpaired) electrons. The summed E-state index contributed by atoms with van der Waals surface area (Å²) >= 11 is 3.18. The standard InChI is InChI=1S/C15H20BrN3O4Si/c1-15(2,3)23-14(22)19(13(20)21)12-10(7-8-24(4,5)6)18-11(16)9-17-12/h9H,1-6H3,(H,20,21). The summed E-state index contributed by atoms with van der Waals surface area (Å²) in [5.41, 5.74) is 2.33. The summed E-state index contributed by atoms with van der Waals surface area (Å²) in [5, 5.41) is 9.42. The SMILES string of the molecule is CC(C)(C)OC(=O)N(C(=O)O)c1ncc(Br)nc1C#C[Si](C)(C)C. The van der Waals surface area contributed by atoms with Gasteiger partial charge in [0.15, 0.2) is 11.5 Å². The highest BCUT2D eigenvalue weighted by Crippen LogP contribution is 2.21. The van der Waals surface area contributed by atoms with Crippen LogP contribution in [0.4, 0.5) is 15.4 Å². The van der Waals surface area contributed by atoms with Gasteiger partial charge in [-0.3, -0.25) is 0 Å². The summed E-state index contributed by atoms with van der Waals surface area (Å²) in [4.78, 5) is 32.4. The molecule has 0 fully saturated rings. The molecule has 1 aromatic heterocycles. The maximum atomic E-state index is 12.2. The van der Waals surface area contributed by atoms with Gasteiger partial charge in [0.2, 0.25) is 0 Å². The number of anilines is 1. The van der Waals surface area contributed by atoms with Crippen LogP contribution in [0.3, 0.4) is 0 Å². The molecule has 1 N–H and O–H groups in total. The average Bonchev–Trinajstić information content (AvgIpc) is 2.35. The quantitative estimate of drug-likeness (QED) is 0.554. The number of ether oxygens (including phenoxy) is 1. The van der Waals surface area contributed by atoms with Gasteiger partial charge in [0.1, 0.15) is 18.3 Å². The molecule has 0 saturated heterocycles. The Hall–Kier alpha value is -1.92. The first-order valence-corrected chi connectivity index (χ1v) is 11.4. The molecule has 0 aliphatic heterocycles. The molecule has 0 aliphatic rings. The summed E-state index contributed by atoms with van der Waals surface area (Å²) in [5.74, 6) is 2.67. The van der Waals surface area contributed by atoms with Crippen LogP contribution in [0.1, 0.15) is 26.5 Å². The lowest BCUT2D eigenvalue weighted by Crippen LogP contribution is -2.41. The molecule has 0 atom stereocenters. The number of carbonyl (C=O) groups excluding carboxylic acids is 1. The minimum Gasteiger partial charge on any atom is -0.464 e. The van der Waals surface area contributed by atoms with E-state index in [-0.39, 0.29) is 11.5 Å². The number of halogens is 1. The number of imide groups is 1. The van der Waals surface area contributed by atoms with E-state index in [1.165, 1.54) is 6.20 Å². The molecule has 1 aromatic rings. The van der Waals surface area contributed by atoms with Crippen molar-refractivity contribution < 1.29 is 19.4 Å². The van der Waals surface area contributed by atoms with Gasteiger partial charge in [-0.15, -0.1) is 5.54 Å². The van der Waals surface area contributed by atoms with E-state index in [0.717, 1.165) is 0 Å². The van der Waals surface area contributed by atoms with E-state index < -0.39 is 25.9 Å². The van der Waals surface area contributed by atoms with Crippen molar-refractivity contribution in [3.8, 4) is 11.5 Å². The molecule has 0 unspecified atom stereocenters. The van der Waals surface area contributed by atoms with Crippen LogP contribution in [0.5, 0.6) is 0 Å². The summed E-state index contributed by atoms with van der Waals surface area (Å²) in [6.45, 7) is 11.0. The van der Waals surface area contributed by atoms with Gasteiger partial charge < -0.3 is 9.84 Å². The number of amides is 2. The van der Waals surface area contributed by atoms with Crippen molar-refractivity contribution in [3.05, 3.63) is 16.5 Å². The summed E-state index contributed by atoms with van der Waals surface area (Å²) < 4.78 is 5.52. The fraction of sp³-hybridized carbons (Fsp3) is 0.467. The van der Waals surface area contributed by atoms with Crippen molar-refractivity contribution in [2.24, 2.45) is 0 Å². The Morgan fingerprint density at radius 1 is 1.33 bits per heavy atom. The number of carboxylic acid groups (broad SMARTS) is 1. The molecule has 2 amide bonds. The smallest absolute Gasteiger partial charge is 0.425 e. The fourth-order valence-corrected chi connectivity index (χ4v) is 2.19. The molecule has 7 nitrogen and oxygen atoms in total. The van der Waals surface area contributed by atoms with Gasteiger partial charge in [0.05, 0.1) is 6.20 Å². The van der Waals surface area contributed by atoms with Crippen molar-refractivity contribution in [2.75, 3.05) is 4.90 Å². The highest BCUT2D eigenvalue weighted by atomic mass is 79.9. The number of aromatic nitrogens is 2. The third kappa shape index (κ3) is 6.29. The third-order valence-corrected chi connectivity index (χ3v) is 3.52. The van der Waals surface area contributed by atoms with Gasteiger partial charge in [0, 0.05) is 0 Å². The lowest BCUT2D eigenvalue weighted by atomic mass is 10.2. The lowest BCUT2D eigenvalue weighted by molar-refractivity contribution is 0.0580. The molecular formula is C15H20BrN3O4Si. The van der Waals surface area contributed by atoms with Crippen LogP contribution in [-0.2, 0) is 4.74 Å². The fourth-order valence-electron chi connectivity index (χ4n) is 1.42. The van der Waals surface area contributed by atoms with E-state index in [1.807, 2.05) is 19.6 Å². The largest absolute Gasteiger partial charge is 0.464 e. The topological polar surface area (TPSA) is 92.6 Å². The van der Waals surface area contributed by atoms with Crippen LogP contribution in [0.2, 0.25) is 19.6 Å². The van der Waals surface area contributed by atoms with Gasteiger partial charge in [-0.2, -0.15) is 4.90 Å². The zero-order valence-corrected chi connectivity index (χ0v) is 17.1. The highest BCUT2D eigenvalue weighted by Gasteiger charge is 2.32. The molecule has 1 heterocycles. The summed E-state index contributed by atoms with van der Waals surface area (Å²) in [7, 11) is -1.73. The third-order valence-electron chi connectivity index (χ3n) is 2.26. The Kier molecular flexibility index (Phi) is 6.13. The minimum atomic E-state index is -1.73. The molecule has 9 heteroatoms. The van der Waals surface area contributed by atoms with Gasteiger partial charge in [0.25, 0.3) is 0 Å². The van der Waals surface area contributed by atoms with Crippen LogP contribution < -0.4 is 4.90 Å². The van der Waals surface area contributed by atoms with Gasteiger partial charge >= 0.3 is 12.2 Å². The van der Waals surface area contributed by atoms with Gasteiger partial charge in [-0.1, -0.05) is 25.6 Å². The van der Waals surface area contributed by atoms with E-state index in [2.05, 4.69) is 37.4 Å². The first-order valence-electron chi connectivity index (χ1n) is 7.12. The normalized spacial score (nSPS) is 11.3. The highest BCUT2D eigenvalue weighted by molar-refractivity contribution is 9.10. The Balaban J connectivity index is 3.41. The van der Waals surface area contributed by atoms with Crippen molar-refractivity contribution in [3.63, 3.8) is 0 Å². The molecule has 0 bridgehead atoms. The monoisotopic (exact) mass is 413 g/mol. The number of nitrogens with zero attached hydrogens (tertiary/aromatic N) is 3. The molecular weight excluding hydrogens is 394 g/mol. The first kappa shape index (κ1) is 20.1. The second kappa shape index (κ2) is 7.32. The average molecular weight is 414 g/mol. The Bertz CT molecular complexity index is 714. The van der Waals surface area contributed by atoms with Crippen LogP contribution in [0.15, 0.2) is 10.8 Å². The van der Waals surface area contributed by atoms with Crippen molar-refractivity contribution in [1.29, 1.82) is 0 Å². The zero-order valence-electron chi connectivity index (χ0n) is 14.5. The predicted molar refractivity (Wildman–Crippen MR) is 96.7 cm³/mol. The Morgan fingerprint density at radius 2 is 1.92 bits per heavy atom. The molecule has 130 valence electrons. The summed E-state index contributed by atoms with van der Waals surface area (Å²) in [6, 6.07) is 0. The lowest BCUT2D eigenvalue weighted by Gasteiger charge is -2.24. The Labute approximate surface area is 150 Å². The minimum absolute atomic E-state index is 0.0973. The van der Waals surface area contributed by atoms with Crippen LogP contribution in [0, 0.1) is 11.5 Å². The van der Waals surface area contributed by atoms with Crippen LogP contribution >= 0.6 is 15.9 Å². The van der Waals surface area contributed by atoms with E-state index in [4.69, 9.17) is 4.74 Å². The zero-order chi connectivity index (χ0) is 18.7. The number of hydrogen-bond donors (Lipinski definition) is 1. The molecule has 1 rings (SSSR count). The second-order valence-corrected chi connectivity index (χ2v) is 12.5.